The lowest BCUT2D eigenvalue weighted by molar-refractivity contribution is 0.0606. The molecule has 1 heterocycles. The zero-order chi connectivity index (χ0) is 15.0. The lowest BCUT2D eigenvalue weighted by atomic mass is 10.1. The molecule has 0 saturated heterocycles. The fourth-order valence-electron chi connectivity index (χ4n) is 1.50. The van der Waals surface area contributed by atoms with Crippen LogP contribution in [0.25, 0.3) is 10.4 Å². The lowest BCUT2D eigenvalue weighted by Gasteiger charge is -2.06. The summed E-state index contributed by atoms with van der Waals surface area (Å²) in [6.07, 6.45) is 0. The average molecular weight is 308 g/mol. The second-order valence-corrected chi connectivity index (χ2v) is 4.68. The molecule has 0 amide bonds. The Kier molecular flexibility index (Phi) is 3.76. The Hall–Kier alpha value is -1.96. The van der Waals surface area contributed by atoms with Crippen molar-refractivity contribution in [1.29, 1.82) is 0 Å². The summed E-state index contributed by atoms with van der Waals surface area (Å²) in [5.74, 6) is -11.0. The summed E-state index contributed by atoms with van der Waals surface area (Å²) in [5.41, 5.74) is -1.07. The van der Waals surface area contributed by atoms with Gasteiger partial charge in [-0.05, 0) is 12.1 Å². The zero-order valence-electron chi connectivity index (χ0n) is 9.77. The van der Waals surface area contributed by atoms with E-state index in [1.54, 1.807) is 0 Å². The van der Waals surface area contributed by atoms with E-state index >= 15 is 0 Å². The predicted octanol–water partition coefficient (Wildman–Crippen LogP) is 3.90. The van der Waals surface area contributed by atoms with Crippen LogP contribution in [0, 0.1) is 29.1 Å². The first-order chi connectivity index (χ1) is 9.38. The molecule has 0 atom stereocenters. The van der Waals surface area contributed by atoms with Gasteiger partial charge in [0.05, 0.1) is 12.7 Å². The van der Waals surface area contributed by atoms with Gasteiger partial charge in [0.1, 0.15) is 4.88 Å². The normalized spacial score (nSPS) is 10.7. The number of hydrogen-bond donors (Lipinski definition) is 0. The molecule has 0 radical (unpaired) electrons. The van der Waals surface area contributed by atoms with E-state index in [1.165, 1.54) is 6.07 Å². The quantitative estimate of drug-likeness (QED) is 0.364. The molecule has 1 aromatic carbocycles. The van der Waals surface area contributed by atoms with Crippen molar-refractivity contribution in [3.05, 3.63) is 46.1 Å². The first-order valence-electron chi connectivity index (χ1n) is 5.08. The van der Waals surface area contributed by atoms with E-state index in [2.05, 4.69) is 4.74 Å². The van der Waals surface area contributed by atoms with Crippen molar-refractivity contribution in [2.75, 3.05) is 7.11 Å². The number of methoxy groups -OCH3 is 1. The van der Waals surface area contributed by atoms with Crippen LogP contribution in [0.15, 0.2) is 12.1 Å². The molecular weight excluding hydrogens is 303 g/mol. The van der Waals surface area contributed by atoms with E-state index in [0.717, 1.165) is 13.2 Å². The summed E-state index contributed by atoms with van der Waals surface area (Å²) in [7, 11) is 1.10. The second kappa shape index (κ2) is 5.20. The van der Waals surface area contributed by atoms with Crippen LogP contribution in [0.4, 0.5) is 22.0 Å². The van der Waals surface area contributed by atoms with Crippen LogP contribution in [0.5, 0.6) is 0 Å². The molecular formula is C12H5F5O2S. The Morgan fingerprint density at radius 1 is 0.950 bits per heavy atom. The molecule has 2 rings (SSSR count). The monoisotopic (exact) mass is 308 g/mol. The highest BCUT2D eigenvalue weighted by atomic mass is 32.1. The van der Waals surface area contributed by atoms with Crippen LogP contribution < -0.4 is 0 Å². The van der Waals surface area contributed by atoms with Crippen LogP contribution in [-0.2, 0) is 4.74 Å². The summed E-state index contributed by atoms with van der Waals surface area (Å²) in [6.45, 7) is 0. The lowest BCUT2D eigenvalue weighted by Crippen LogP contribution is -2.03. The minimum Gasteiger partial charge on any atom is -0.465 e. The molecule has 0 aliphatic heterocycles. The molecule has 0 N–H and O–H groups in total. The van der Waals surface area contributed by atoms with Crippen LogP contribution >= 0.6 is 11.3 Å². The Morgan fingerprint density at radius 2 is 1.45 bits per heavy atom. The van der Waals surface area contributed by atoms with Crippen molar-refractivity contribution in [2.45, 2.75) is 0 Å². The molecule has 2 nitrogen and oxygen atoms in total. The zero-order valence-corrected chi connectivity index (χ0v) is 10.6. The molecule has 0 fully saturated rings. The Labute approximate surface area is 113 Å². The first-order valence-corrected chi connectivity index (χ1v) is 5.90. The predicted molar refractivity (Wildman–Crippen MR) is 60.9 cm³/mol. The van der Waals surface area contributed by atoms with E-state index in [4.69, 9.17) is 0 Å². The molecule has 0 aliphatic carbocycles. The van der Waals surface area contributed by atoms with Gasteiger partial charge in [-0.2, -0.15) is 0 Å². The maximum absolute atomic E-state index is 13.6. The number of halogens is 5. The smallest absolute Gasteiger partial charge is 0.348 e. The largest absolute Gasteiger partial charge is 0.465 e. The molecule has 106 valence electrons. The van der Waals surface area contributed by atoms with Crippen molar-refractivity contribution in [2.24, 2.45) is 0 Å². The van der Waals surface area contributed by atoms with Gasteiger partial charge >= 0.3 is 5.97 Å². The molecule has 2 aromatic rings. The molecule has 8 heteroatoms. The first kappa shape index (κ1) is 14.4. The van der Waals surface area contributed by atoms with Crippen molar-refractivity contribution < 1.29 is 31.5 Å². The second-order valence-electron chi connectivity index (χ2n) is 3.60. The minimum atomic E-state index is -2.23. The Bertz CT molecular complexity index is 666. The molecule has 0 unspecified atom stereocenters. The molecule has 20 heavy (non-hydrogen) atoms. The average Bonchev–Trinajstić information content (AvgIpc) is 2.92. The van der Waals surface area contributed by atoms with E-state index in [9.17, 15) is 26.7 Å². The van der Waals surface area contributed by atoms with Gasteiger partial charge in [0.2, 0.25) is 5.82 Å². The van der Waals surface area contributed by atoms with Gasteiger partial charge in [-0.25, -0.2) is 26.7 Å². The standard InChI is InChI=1S/C12H5F5O2S/c1-19-12(18)5-3-2-4(20-5)6-7(13)9(15)11(17)10(16)8(6)14/h2-3H,1H3. The van der Waals surface area contributed by atoms with Gasteiger partial charge < -0.3 is 4.74 Å². The molecule has 0 spiro atoms. The topological polar surface area (TPSA) is 26.3 Å². The van der Waals surface area contributed by atoms with E-state index < -0.39 is 40.6 Å². The number of thiophene rings is 1. The third-order valence-electron chi connectivity index (χ3n) is 2.45. The SMILES string of the molecule is COC(=O)c1ccc(-c2c(F)c(F)c(F)c(F)c2F)s1. The van der Waals surface area contributed by atoms with Crippen LogP contribution in [0.2, 0.25) is 0 Å². The van der Waals surface area contributed by atoms with Gasteiger partial charge in [-0.15, -0.1) is 11.3 Å². The van der Waals surface area contributed by atoms with Gasteiger partial charge in [-0.1, -0.05) is 0 Å². The third kappa shape index (κ3) is 2.15. The van der Waals surface area contributed by atoms with E-state index in [-0.39, 0.29) is 9.75 Å². The molecule has 0 saturated carbocycles. The molecule has 1 aromatic heterocycles. The number of carbonyl (C=O) groups is 1. The minimum absolute atomic E-state index is 0.0218. The van der Waals surface area contributed by atoms with Crippen molar-refractivity contribution in [3.8, 4) is 10.4 Å². The maximum atomic E-state index is 13.6. The number of benzene rings is 1. The number of esters is 1. The summed E-state index contributed by atoms with van der Waals surface area (Å²) >= 11 is 0.560. The van der Waals surface area contributed by atoms with E-state index in [1.807, 2.05) is 0 Å². The molecule has 0 aliphatic rings. The highest BCUT2D eigenvalue weighted by Gasteiger charge is 2.27. The Morgan fingerprint density at radius 3 is 1.95 bits per heavy atom. The fourth-order valence-corrected chi connectivity index (χ4v) is 2.46. The van der Waals surface area contributed by atoms with Gasteiger partial charge in [0, 0.05) is 4.88 Å². The summed E-state index contributed by atoms with van der Waals surface area (Å²) in [5, 5.41) is 0. The highest BCUT2D eigenvalue weighted by molar-refractivity contribution is 7.17. The number of carbonyl (C=O) groups excluding carboxylic acids is 1. The fraction of sp³-hybridized carbons (Fsp3) is 0.0833. The van der Waals surface area contributed by atoms with Crippen molar-refractivity contribution in [1.82, 2.24) is 0 Å². The molecule has 0 bridgehead atoms. The van der Waals surface area contributed by atoms with Gasteiger partial charge in [0.25, 0.3) is 0 Å². The van der Waals surface area contributed by atoms with Crippen molar-refractivity contribution in [3.63, 3.8) is 0 Å². The van der Waals surface area contributed by atoms with Crippen molar-refractivity contribution >= 4 is 17.3 Å². The number of hydrogen-bond acceptors (Lipinski definition) is 3. The third-order valence-corrected chi connectivity index (χ3v) is 3.53. The summed E-state index contributed by atoms with van der Waals surface area (Å²) in [4.78, 5) is 10.9. The van der Waals surface area contributed by atoms with Gasteiger partial charge in [0.15, 0.2) is 23.3 Å². The van der Waals surface area contributed by atoms with Crippen LogP contribution in [-0.4, -0.2) is 13.1 Å². The van der Waals surface area contributed by atoms with Gasteiger partial charge in [-0.3, -0.25) is 0 Å². The highest BCUT2D eigenvalue weighted by Crippen LogP contribution is 2.35. The van der Waals surface area contributed by atoms with Crippen LogP contribution in [0.3, 0.4) is 0 Å². The number of ether oxygens (including phenoxy) is 1. The van der Waals surface area contributed by atoms with Crippen LogP contribution in [0.1, 0.15) is 9.67 Å². The number of rotatable bonds is 2. The Balaban J connectivity index is 2.64. The van der Waals surface area contributed by atoms with E-state index in [0.29, 0.717) is 11.3 Å². The summed E-state index contributed by atoms with van der Waals surface area (Å²) < 4.78 is 70.5. The maximum Gasteiger partial charge on any atom is 0.348 e. The summed E-state index contributed by atoms with van der Waals surface area (Å²) in [6, 6.07) is 2.25.